The van der Waals surface area contributed by atoms with Gasteiger partial charge in [0.1, 0.15) is 12.0 Å². The van der Waals surface area contributed by atoms with Gasteiger partial charge in [-0.1, -0.05) is 6.92 Å². The summed E-state index contributed by atoms with van der Waals surface area (Å²) in [4.78, 5) is 10.8. The highest BCUT2D eigenvalue weighted by Crippen LogP contribution is 2.22. The van der Waals surface area contributed by atoms with Crippen LogP contribution in [0.15, 0.2) is 18.2 Å². The molecule has 1 aromatic rings. The van der Waals surface area contributed by atoms with Gasteiger partial charge in [0, 0.05) is 12.0 Å². The topological polar surface area (TPSA) is 35.5 Å². The summed E-state index contributed by atoms with van der Waals surface area (Å²) in [5, 5.41) is 0. The van der Waals surface area contributed by atoms with E-state index >= 15 is 0 Å². The van der Waals surface area contributed by atoms with Crippen LogP contribution < -0.4 is 4.74 Å². The largest absolute Gasteiger partial charge is 0.465 e. The van der Waals surface area contributed by atoms with E-state index in [1.807, 2.05) is 25.1 Å². The van der Waals surface area contributed by atoms with Crippen LogP contribution in [0.5, 0.6) is 5.75 Å². The molecule has 1 heterocycles. The van der Waals surface area contributed by atoms with Gasteiger partial charge in [-0.3, -0.25) is 4.79 Å². The fourth-order valence-corrected chi connectivity index (χ4v) is 2.03. The number of ether oxygens (including phenoxy) is 2. The zero-order valence-electron chi connectivity index (χ0n) is 10.1. The Morgan fingerprint density at radius 1 is 1.47 bits per heavy atom. The van der Waals surface area contributed by atoms with Crippen molar-refractivity contribution in [3.63, 3.8) is 0 Å². The summed E-state index contributed by atoms with van der Waals surface area (Å²) in [7, 11) is 0. The predicted molar refractivity (Wildman–Crippen MR) is 65.4 cm³/mol. The molecular weight excluding hydrogens is 216 g/mol. The van der Waals surface area contributed by atoms with E-state index in [0.29, 0.717) is 0 Å². The van der Waals surface area contributed by atoms with Crippen LogP contribution >= 0.6 is 0 Å². The first kappa shape index (κ1) is 12.1. The molecule has 0 amide bonds. The Hall–Kier alpha value is -1.35. The van der Waals surface area contributed by atoms with Crippen LogP contribution in [0.1, 0.15) is 42.1 Å². The molecule has 1 aliphatic rings. The third-order valence-corrected chi connectivity index (χ3v) is 3.03. The molecule has 1 atom stereocenters. The first-order chi connectivity index (χ1) is 8.33. The molecule has 1 aliphatic heterocycles. The van der Waals surface area contributed by atoms with Gasteiger partial charge in [-0.15, -0.1) is 0 Å². The van der Waals surface area contributed by atoms with Crippen molar-refractivity contribution in [2.75, 3.05) is 6.61 Å². The summed E-state index contributed by atoms with van der Waals surface area (Å²) in [6.45, 7) is 2.81. The first-order valence-electron chi connectivity index (χ1n) is 6.20. The number of hydrogen-bond donors (Lipinski definition) is 0. The van der Waals surface area contributed by atoms with Crippen LogP contribution in [0.2, 0.25) is 0 Å². The van der Waals surface area contributed by atoms with Gasteiger partial charge < -0.3 is 9.47 Å². The minimum absolute atomic E-state index is 0.129. The molecule has 0 bridgehead atoms. The van der Waals surface area contributed by atoms with Crippen LogP contribution in [0.4, 0.5) is 0 Å². The summed E-state index contributed by atoms with van der Waals surface area (Å²) in [6.07, 6.45) is 4.80. The lowest BCUT2D eigenvalue weighted by atomic mass is 10.1. The predicted octanol–water partition coefficient (Wildman–Crippen LogP) is 2.97. The Balaban J connectivity index is 2.07. The minimum Gasteiger partial charge on any atom is -0.465 e. The van der Waals surface area contributed by atoms with E-state index in [1.165, 1.54) is 0 Å². The van der Waals surface area contributed by atoms with E-state index in [0.717, 1.165) is 55.5 Å². The second kappa shape index (κ2) is 5.82. The summed E-state index contributed by atoms with van der Waals surface area (Å²) in [5.41, 5.74) is 1.76. The molecule has 0 spiro atoms. The van der Waals surface area contributed by atoms with Crippen molar-refractivity contribution < 1.29 is 14.3 Å². The van der Waals surface area contributed by atoms with Crippen molar-refractivity contribution in [1.82, 2.24) is 0 Å². The third kappa shape index (κ3) is 3.07. The molecular formula is C14H18O3. The van der Waals surface area contributed by atoms with E-state index in [4.69, 9.17) is 9.47 Å². The van der Waals surface area contributed by atoms with Gasteiger partial charge in [-0.25, -0.2) is 0 Å². The number of hydrogen-bond acceptors (Lipinski definition) is 3. The number of benzene rings is 1. The maximum Gasteiger partial charge on any atom is 0.199 e. The molecule has 0 aliphatic carbocycles. The van der Waals surface area contributed by atoms with Gasteiger partial charge in [0.2, 0.25) is 0 Å². The molecule has 3 nitrogen and oxygen atoms in total. The Bertz CT molecular complexity index is 381. The highest BCUT2D eigenvalue weighted by Gasteiger charge is 2.15. The monoisotopic (exact) mass is 234 g/mol. The molecule has 3 heteroatoms. The Morgan fingerprint density at radius 2 is 2.35 bits per heavy atom. The third-order valence-electron chi connectivity index (χ3n) is 3.03. The second-order valence-corrected chi connectivity index (χ2v) is 4.25. The fraction of sp³-hybridized carbons (Fsp3) is 0.500. The Morgan fingerprint density at radius 3 is 3.00 bits per heavy atom. The molecule has 1 aromatic carbocycles. The Labute approximate surface area is 102 Å². The average molecular weight is 234 g/mol. The minimum atomic E-state index is -0.129. The quantitative estimate of drug-likeness (QED) is 0.751. The van der Waals surface area contributed by atoms with Crippen molar-refractivity contribution in [2.45, 2.75) is 38.9 Å². The second-order valence-electron chi connectivity index (χ2n) is 4.25. The number of aldehydes is 1. The van der Waals surface area contributed by atoms with Crippen molar-refractivity contribution in [3.05, 3.63) is 29.3 Å². The molecule has 1 fully saturated rings. The molecule has 0 aromatic heterocycles. The van der Waals surface area contributed by atoms with Crippen LogP contribution in [-0.4, -0.2) is 19.2 Å². The van der Waals surface area contributed by atoms with Gasteiger partial charge in [0.15, 0.2) is 6.29 Å². The van der Waals surface area contributed by atoms with Crippen LogP contribution in [0.25, 0.3) is 0 Å². The average Bonchev–Trinajstić information content (AvgIpc) is 2.40. The summed E-state index contributed by atoms with van der Waals surface area (Å²) in [5.74, 6) is 0.791. The number of carbonyl (C=O) groups excluding carboxylic acids is 1. The number of carbonyl (C=O) groups is 1. The first-order valence-corrected chi connectivity index (χ1v) is 6.20. The van der Waals surface area contributed by atoms with Gasteiger partial charge in [0.05, 0.1) is 6.61 Å². The lowest BCUT2D eigenvalue weighted by Crippen LogP contribution is -2.25. The van der Waals surface area contributed by atoms with Crippen molar-refractivity contribution >= 4 is 6.29 Å². The van der Waals surface area contributed by atoms with Crippen LogP contribution in [0.3, 0.4) is 0 Å². The zero-order valence-corrected chi connectivity index (χ0v) is 10.1. The molecule has 1 saturated heterocycles. The van der Waals surface area contributed by atoms with Crippen LogP contribution in [0, 0.1) is 0 Å². The zero-order chi connectivity index (χ0) is 12.1. The highest BCUT2D eigenvalue weighted by molar-refractivity contribution is 5.77. The molecule has 17 heavy (non-hydrogen) atoms. The lowest BCUT2D eigenvalue weighted by molar-refractivity contribution is -0.105. The molecule has 0 saturated carbocycles. The molecule has 0 N–H and O–H groups in total. The van der Waals surface area contributed by atoms with Gasteiger partial charge in [0.25, 0.3) is 0 Å². The lowest BCUT2D eigenvalue weighted by Gasteiger charge is -2.23. The maximum absolute atomic E-state index is 10.8. The maximum atomic E-state index is 10.8. The fourth-order valence-electron chi connectivity index (χ4n) is 2.03. The van der Waals surface area contributed by atoms with Crippen LogP contribution in [-0.2, 0) is 11.2 Å². The van der Waals surface area contributed by atoms with Gasteiger partial charge in [-0.05, 0) is 43.0 Å². The van der Waals surface area contributed by atoms with E-state index in [2.05, 4.69) is 0 Å². The number of rotatable bonds is 4. The van der Waals surface area contributed by atoms with Crippen molar-refractivity contribution in [3.8, 4) is 5.75 Å². The van der Waals surface area contributed by atoms with Crippen molar-refractivity contribution in [1.29, 1.82) is 0 Å². The molecule has 2 rings (SSSR count). The molecule has 0 radical (unpaired) electrons. The highest BCUT2D eigenvalue weighted by atomic mass is 16.7. The summed E-state index contributed by atoms with van der Waals surface area (Å²) < 4.78 is 11.3. The Kier molecular flexibility index (Phi) is 4.15. The number of aryl methyl sites for hydroxylation is 1. The smallest absolute Gasteiger partial charge is 0.199 e. The molecule has 92 valence electrons. The van der Waals surface area contributed by atoms with E-state index in [-0.39, 0.29) is 6.29 Å². The van der Waals surface area contributed by atoms with Gasteiger partial charge >= 0.3 is 0 Å². The summed E-state index contributed by atoms with van der Waals surface area (Å²) in [6, 6.07) is 5.58. The van der Waals surface area contributed by atoms with E-state index in [9.17, 15) is 4.79 Å². The summed E-state index contributed by atoms with van der Waals surface area (Å²) >= 11 is 0. The van der Waals surface area contributed by atoms with Gasteiger partial charge in [-0.2, -0.15) is 0 Å². The normalized spacial score (nSPS) is 19.9. The van der Waals surface area contributed by atoms with E-state index < -0.39 is 0 Å². The molecule has 1 unspecified atom stereocenters. The van der Waals surface area contributed by atoms with E-state index in [1.54, 1.807) is 0 Å². The SMILES string of the molecule is CCc1cc(OC2CCCCO2)ccc1C=O. The standard InChI is InChI=1S/C14H18O3/c1-2-11-9-13(7-6-12(11)10-15)17-14-5-3-4-8-16-14/h6-7,9-10,14H,2-5,8H2,1H3. The van der Waals surface area contributed by atoms with Crippen molar-refractivity contribution in [2.24, 2.45) is 0 Å².